The Morgan fingerprint density at radius 2 is 2.08 bits per heavy atom. The van der Waals surface area contributed by atoms with E-state index >= 15 is 0 Å². The monoisotopic (exact) mass is 328 g/mol. The molecular weight excluding hydrogens is 300 g/mol. The molecule has 3 fully saturated rings. The van der Waals surface area contributed by atoms with Crippen LogP contribution in [0.25, 0.3) is 0 Å². The summed E-state index contributed by atoms with van der Waals surface area (Å²) < 4.78 is 0. The van der Waals surface area contributed by atoms with Crippen molar-refractivity contribution in [1.82, 2.24) is 9.80 Å². The van der Waals surface area contributed by atoms with Gasteiger partial charge in [0.1, 0.15) is 5.75 Å². The molecule has 3 aliphatic heterocycles. The molecule has 2 atom stereocenters. The van der Waals surface area contributed by atoms with E-state index in [1.54, 1.807) is 18.2 Å². The van der Waals surface area contributed by atoms with Crippen molar-refractivity contribution >= 4 is 5.91 Å². The van der Waals surface area contributed by atoms with Crippen LogP contribution in [0.1, 0.15) is 32.3 Å². The lowest BCUT2D eigenvalue weighted by molar-refractivity contribution is -0.130. The third-order valence-corrected chi connectivity index (χ3v) is 5.18. The van der Waals surface area contributed by atoms with Crippen LogP contribution in [0.15, 0.2) is 35.9 Å². The van der Waals surface area contributed by atoms with Gasteiger partial charge in [0.15, 0.2) is 0 Å². The molecule has 2 bridgehead atoms. The molecule has 0 aromatic heterocycles. The lowest BCUT2D eigenvalue weighted by Crippen LogP contribution is -2.44. The maximum atomic E-state index is 12.7. The number of piperidine rings is 1. The smallest absolute Gasteiger partial charge is 0.227 e. The summed E-state index contributed by atoms with van der Waals surface area (Å²) in [7, 11) is 0. The number of rotatable bonds is 4. The quantitative estimate of drug-likeness (QED) is 0.865. The van der Waals surface area contributed by atoms with Gasteiger partial charge in [-0.15, -0.1) is 0 Å². The van der Waals surface area contributed by atoms with Gasteiger partial charge in [-0.2, -0.15) is 0 Å². The molecule has 1 N–H and O–H groups in total. The summed E-state index contributed by atoms with van der Waals surface area (Å²) in [5.74, 6) is 0.994. The Labute approximate surface area is 144 Å². The first kappa shape index (κ1) is 17.0. The molecule has 130 valence electrons. The number of benzene rings is 1. The van der Waals surface area contributed by atoms with Gasteiger partial charge in [-0.25, -0.2) is 0 Å². The predicted molar refractivity (Wildman–Crippen MR) is 95.9 cm³/mol. The van der Waals surface area contributed by atoms with Crippen LogP contribution in [-0.2, 0) is 11.2 Å². The van der Waals surface area contributed by atoms with E-state index in [2.05, 4.69) is 29.7 Å². The van der Waals surface area contributed by atoms with E-state index in [0.717, 1.165) is 31.7 Å². The third-order valence-electron chi connectivity index (χ3n) is 5.18. The Kier molecular flexibility index (Phi) is 5.24. The van der Waals surface area contributed by atoms with Crippen LogP contribution >= 0.6 is 0 Å². The number of hydrogen-bond donors (Lipinski definition) is 1. The van der Waals surface area contributed by atoms with Crippen molar-refractivity contribution in [1.29, 1.82) is 0 Å². The maximum Gasteiger partial charge on any atom is 0.227 e. The van der Waals surface area contributed by atoms with Crippen molar-refractivity contribution in [3.05, 3.63) is 41.5 Å². The van der Waals surface area contributed by atoms with E-state index in [1.165, 1.54) is 18.4 Å². The minimum absolute atomic E-state index is 0.182. The number of aromatic hydroxyl groups is 1. The molecule has 3 aliphatic rings. The fraction of sp³-hybridized carbons (Fsp3) is 0.550. The van der Waals surface area contributed by atoms with E-state index in [-0.39, 0.29) is 11.7 Å². The molecule has 24 heavy (non-hydrogen) atoms. The fourth-order valence-electron chi connectivity index (χ4n) is 3.86. The third kappa shape index (κ3) is 4.18. The van der Waals surface area contributed by atoms with Crippen molar-refractivity contribution in [2.24, 2.45) is 5.92 Å². The highest BCUT2D eigenvalue weighted by molar-refractivity contribution is 5.79. The van der Waals surface area contributed by atoms with Gasteiger partial charge in [0.25, 0.3) is 0 Å². The lowest BCUT2D eigenvalue weighted by atomic mass is 9.95. The van der Waals surface area contributed by atoms with Crippen molar-refractivity contribution in [3.8, 4) is 5.75 Å². The first-order valence-electron chi connectivity index (χ1n) is 8.94. The molecule has 1 amide bonds. The van der Waals surface area contributed by atoms with Crippen LogP contribution in [-0.4, -0.2) is 53.0 Å². The molecule has 4 heteroatoms. The summed E-state index contributed by atoms with van der Waals surface area (Å²) in [5.41, 5.74) is 2.24. The van der Waals surface area contributed by atoms with Gasteiger partial charge >= 0.3 is 0 Å². The number of nitrogens with zero attached hydrogens (tertiary/aromatic N) is 2. The average molecular weight is 328 g/mol. The van der Waals surface area contributed by atoms with Gasteiger partial charge in [0, 0.05) is 32.2 Å². The highest BCUT2D eigenvalue weighted by Gasteiger charge is 2.35. The molecule has 0 aliphatic carbocycles. The highest BCUT2D eigenvalue weighted by atomic mass is 16.3. The van der Waals surface area contributed by atoms with E-state index in [9.17, 15) is 9.90 Å². The number of hydrogen-bond acceptors (Lipinski definition) is 3. The largest absolute Gasteiger partial charge is 0.508 e. The molecule has 0 radical (unpaired) electrons. The molecule has 3 heterocycles. The van der Waals surface area contributed by atoms with Crippen molar-refractivity contribution in [2.75, 3.05) is 26.2 Å². The molecule has 1 aromatic carbocycles. The number of carbonyl (C=O) groups excluding carboxylic acids is 1. The van der Waals surface area contributed by atoms with Crippen LogP contribution < -0.4 is 0 Å². The second kappa shape index (κ2) is 7.39. The number of phenols is 1. The van der Waals surface area contributed by atoms with Gasteiger partial charge in [-0.1, -0.05) is 23.8 Å². The van der Waals surface area contributed by atoms with E-state index in [4.69, 9.17) is 0 Å². The van der Waals surface area contributed by atoms with E-state index in [0.29, 0.717) is 18.4 Å². The molecular formula is C20H28N2O2. The van der Waals surface area contributed by atoms with Gasteiger partial charge in [-0.3, -0.25) is 9.69 Å². The molecule has 1 aromatic rings. The topological polar surface area (TPSA) is 43.8 Å². The zero-order valence-electron chi connectivity index (χ0n) is 14.7. The summed E-state index contributed by atoms with van der Waals surface area (Å²) in [5, 5.41) is 9.58. The Balaban J connectivity index is 1.65. The molecule has 4 nitrogen and oxygen atoms in total. The van der Waals surface area contributed by atoms with Gasteiger partial charge < -0.3 is 10.0 Å². The number of amides is 1. The van der Waals surface area contributed by atoms with Crippen LogP contribution in [0.5, 0.6) is 5.75 Å². The van der Waals surface area contributed by atoms with E-state index in [1.807, 2.05) is 6.07 Å². The molecule has 0 unspecified atom stereocenters. The summed E-state index contributed by atoms with van der Waals surface area (Å²) in [4.78, 5) is 17.3. The number of fused-ring (bicyclic) bond motifs is 4. The zero-order valence-corrected chi connectivity index (χ0v) is 14.7. The fourth-order valence-corrected chi connectivity index (χ4v) is 3.86. The van der Waals surface area contributed by atoms with Crippen LogP contribution in [0.3, 0.4) is 0 Å². The number of allylic oxidation sites excluding steroid dienone is 1. The maximum absolute atomic E-state index is 12.7. The SMILES string of the molecule is CC(C)=CCN1C[C@@H]2CC[C@H]1CN(C(=O)Cc1cccc(O)c1)C2. The van der Waals surface area contributed by atoms with Crippen LogP contribution in [0.2, 0.25) is 0 Å². The highest BCUT2D eigenvalue weighted by Crippen LogP contribution is 2.28. The second-order valence-corrected chi connectivity index (χ2v) is 7.48. The Morgan fingerprint density at radius 1 is 1.25 bits per heavy atom. The minimum Gasteiger partial charge on any atom is -0.508 e. The zero-order chi connectivity index (χ0) is 17.1. The Hall–Kier alpha value is -1.81. The number of phenolic OH excluding ortho intramolecular Hbond substituents is 1. The first-order valence-corrected chi connectivity index (χ1v) is 8.94. The van der Waals surface area contributed by atoms with Crippen LogP contribution in [0.4, 0.5) is 0 Å². The number of carbonyl (C=O) groups is 1. The van der Waals surface area contributed by atoms with Gasteiger partial charge in [0.05, 0.1) is 6.42 Å². The van der Waals surface area contributed by atoms with E-state index < -0.39 is 0 Å². The molecule has 0 spiro atoms. The normalized spacial score (nSPS) is 23.8. The first-order chi connectivity index (χ1) is 11.5. The van der Waals surface area contributed by atoms with Gasteiger partial charge in [0.2, 0.25) is 5.91 Å². The summed E-state index contributed by atoms with van der Waals surface area (Å²) >= 11 is 0. The average Bonchev–Trinajstić information content (AvgIpc) is 2.84. The minimum atomic E-state index is 0.182. The molecule has 3 saturated heterocycles. The summed E-state index contributed by atoms with van der Waals surface area (Å²) in [6.07, 6.45) is 5.09. The van der Waals surface area contributed by atoms with Crippen molar-refractivity contribution in [3.63, 3.8) is 0 Å². The molecule has 4 rings (SSSR count). The second-order valence-electron chi connectivity index (χ2n) is 7.48. The standard InChI is InChI=1S/C20H28N2O2/c1-15(2)8-9-21-12-17-6-7-18(21)14-22(13-17)20(24)11-16-4-3-5-19(23)10-16/h3-5,8,10,17-18,23H,6-7,9,11-14H2,1-2H3/t17-,18-/m0/s1. The summed E-state index contributed by atoms with van der Waals surface area (Å²) in [6, 6.07) is 7.51. The predicted octanol–water partition coefficient (Wildman–Crippen LogP) is 2.82. The van der Waals surface area contributed by atoms with Crippen LogP contribution in [0, 0.1) is 5.92 Å². The Bertz CT molecular complexity index is 622. The van der Waals surface area contributed by atoms with Gasteiger partial charge in [-0.05, 0) is 50.3 Å². The Morgan fingerprint density at radius 3 is 2.83 bits per heavy atom. The summed E-state index contributed by atoms with van der Waals surface area (Å²) in [6.45, 7) is 8.09. The van der Waals surface area contributed by atoms with Crippen molar-refractivity contribution < 1.29 is 9.90 Å². The van der Waals surface area contributed by atoms with Crippen molar-refractivity contribution in [2.45, 2.75) is 39.2 Å². The molecule has 0 saturated carbocycles. The lowest BCUT2D eigenvalue weighted by Gasteiger charge is -2.35.